The first-order valence-electron chi connectivity index (χ1n) is 19.4. The fourth-order valence-electron chi connectivity index (χ4n) is 7.87. The highest BCUT2D eigenvalue weighted by molar-refractivity contribution is 6.40. The predicted molar refractivity (Wildman–Crippen MR) is 224 cm³/mol. The molecule has 308 valence electrons. The zero-order valence-electron chi connectivity index (χ0n) is 32.9. The first kappa shape index (κ1) is 44.5. The SMILES string of the molecule is C=COc1c(C=C)cc(C2=NO[C@]3(C2)C[C@@H](C(=O)N[C@@H](CCC=N)C(=O)C(=O)NC=N)N(C(=O)[C@@H](NC(=O)CC2CCCCCC2)C(C=C)(C=C)C=N)C3)cc1C=C. The molecule has 3 aliphatic rings. The maximum Gasteiger partial charge on any atom is 0.294 e. The van der Waals surface area contributed by atoms with Crippen LogP contribution in [0.3, 0.4) is 0 Å². The molecule has 6 N–H and O–H groups in total. The second kappa shape index (κ2) is 20.3. The van der Waals surface area contributed by atoms with E-state index in [9.17, 15) is 19.2 Å². The Labute approximate surface area is 339 Å². The highest BCUT2D eigenvalue weighted by Gasteiger charge is 2.56. The molecule has 15 heteroatoms. The number of rotatable bonds is 21. The maximum atomic E-state index is 15.0. The number of ketones is 1. The van der Waals surface area contributed by atoms with Crippen molar-refractivity contribution in [3.63, 3.8) is 0 Å². The summed E-state index contributed by atoms with van der Waals surface area (Å²) in [6, 6.07) is -0.567. The maximum absolute atomic E-state index is 15.0. The molecule has 0 radical (unpaired) electrons. The molecule has 2 aliphatic heterocycles. The smallest absolute Gasteiger partial charge is 0.294 e. The van der Waals surface area contributed by atoms with E-state index in [2.05, 4.69) is 48.7 Å². The van der Waals surface area contributed by atoms with Crippen molar-refractivity contribution in [2.75, 3.05) is 6.54 Å². The topological polar surface area (TPSA) is 227 Å². The summed E-state index contributed by atoms with van der Waals surface area (Å²) in [7, 11) is 0. The molecule has 1 aliphatic carbocycles. The summed E-state index contributed by atoms with van der Waals surface area (Å²) in [6.07, 6.45) is 15.8. The molecule has 0 unspecified atom stereocenters. The van der Waals surface area contributed by atoms with Gasteiger partial charge in [-0.15, -0.1) is 13.2 Å². The number of carbonyl (C=O) groups excluding carboxylic acids is 5. The summed E-state index contributed by atoms with van der Waals surface area (Å²) in [6.45, 7) is 19.0. The number of carbonyl (C=O) groups is 5. The van der Waals surface area contributed by atoms with Crippen LogP contribution in [0, 0.1) is 27.6 Å². The molecule has 2 heterocycles. The molecule has 1 aromatic rings. The molecule has 0 bridgehead atoms. The fourth-order valence-corrected chi connectivity index (χ4v) is 7.87. The number of amides is 4. The van der Waals surface area contributed by atoms with Crippen LogP contribution >= 0.6 is 0 Å². The van der Waals surface area contributed by atoms with E-state index < -0.39 is 58.6 Å². The van der Waals surface area contributed by atoms with Crippen molar-refractivity contribution in [1.82, 2.24) is 20.9 Å². The summed E-state index contributed by atoms with van der Waals surface area (Å²) >= 11 is 0. The van der Waals surface area contributed by atoms with Crippen molar-refractivity contribution in [2.45, 2.75) is 94.4 Å². The Morgan fingerprint density at radius 1 is 0.983 bits per heavy atom. The summed E-state index contributed by atoms with van der Waals surface area (Å²) in [4.78, 5) is 76.1. The zero-order chi connectivity index (χ0) is 42.5. The lowest BCUT2D eigenvalue weighted by molar-refractivity contribution is -0.144. The highest BCUT2D eigenvalue weighted by Crippen LogP contribution is 2.41. The minimum absolute atomic E-state index is 0.0394. The van der Waals surface area contributed by atoms with E-state index in [0.717, 1.165) is 51.0 Å². The van der Waals surface area contributed by atoms with Gasteiger partial charge in [-0.1, -0.05) is 74.9 Å². The Bertz CT molecular complexity index is 1830. The van der Waals surface area contributed by atoms with Crippen LogP contribution in [0.15, 0.2) is 68.6 Å². The second-order valence-corrected chi connectivity index (χ2v) is 14.8. The average molecular weight is 795 g/mol. The third-order valence-electron chi connectivity index (χ3n) is 11.1. The van der Waals surface area contributed by atoms with Gasteiger partial charge in [0, 0.05) is 42.2 Å². The van der Waals surface area contributed by atoms with Gasteiger partial charge in [0.1, 0.15) is 17.8 Å². The van der Waals surface area contributed by atoms with Gasteiger partial charge in [0.2, 0.25) is 23.5 Å². The first-order valence-corrected chi connectivity index (χ1v) is 19.4. The van der Waals surface area contributed by atoms with Gasteiger partial charge in [0.15, 0.2) is 5.60 Å². The van der Waals surface area contributed by atoms with Gasteiger partial charge in [-0.05, 0) is 49.9 Å². The lowest BCUT2D eigenvalue weighted by Gasteiger charge is -2.36. The number of hydrogen-bond acceptors (Lipinski definition) is 11. The van der Waals surface area contributed by atoms with E-state index in [4.69, 9.17) is 25.8 Å². The van der Waals surface area contributed by atoms with Gasteiger partial charge in [-0.2, -0.15) is 0 Å². The Kier molecular flexibility index (Phi) is 15.5. The summed E-state index contributed by atoms with van der Waals surface area (Å²) in [5.74, 6) is -3.50. The van der Waals surface area contributed by atoms with Crippen LogP contribution in [0.4, 0.5) is 0 Å². The second-order valence-electron chi connectivity index (χ2n) is 14.8. The Morgan fingerprint density at radius 3 is 2.19 bits per heavy atom. The summed E-state index contributed by atoms with van der Waals surface area (Å²) in [5, 5.41) is 35.0. The molecule has 4 amide bonds. The number of nitrogens with one attached hydrogen (secondary N) is 6. The molecule has 1 spiro atoms. The Balaban J connectivity index is 1.75. The van der Waals surface area contributed by atoms with Crippen molar-refractivity contribution in [3.8, 4) is 5.75 Å². The van der Waals surface area contributed by atoms with Crippen LogP contribution in [0.2, 0.25) is 0 Å². The monoisotopic (exact) mass is 794 g/mol. The average Bonchev–Trinajstić information content (AvgIpc) is 3.73. The van der Waals surface area contributed by atoms with Crippen LogP contribution < -0.4 is 20.7 Å². The first-order chi connectivity index (χ1) is 27.9. The summed E-state index contributed by atoms with van der Waals surface area (Å²) in [5.41, 5.74) is -0.431. The zero-order valence-corrected chi connectivity index (χ0v) is 32.9. The third kappa shape index (κ3) is 10.00. The minimum Gasteiger partial charge on any atom is -0.464 e. The van der Waals surface area contributed by atoms with Crippen molar-refractivity contribution in [3.05, 3.63) is 80.1 Å². The van der Waals surface area contributed by atoms with Crippen molar-refractivity contribution >= 4 is 66.0 Å². The summed E-state index contributed by atoms with van der Waals surface area (Å²) < 4.78 is 5.63. The standard InChI is InChI=1S/C43H54N8O7/c1-6-29-21-31(22-30(7-2)37(29)57-10-5)33-23-43(58-50-33)24-34(39(54)48-32(18-15-19-44)36(53)40(55)47-27-46)51(26-43)41(56)38(42(8-3,9-4)25-45)49-35(52)20-28-16-13-11-12-14-17-28/h6-10,19,21-22,25,27-28,32,34,38,44-45H,1-5,11-18,20,23-24,26H2,(H,48,54)(H,49,52)(H2,46,47,55)/t32-,34-,38+,43+/m0/s1. The molecule has 2 fully saturated rings. The van der Waals surface area contributed by atoms with Gasteiger partial charge >= 0.3 is 0 Å². The third-order valence-corrected chi connectivity index (χ3v) is 11.1. The minimum atomic E-state index is -1.56. The van der Waals surface area contributed by atoms with Crippen LogP contribution in [-0.2, 0) is 28.8 Å². The molecule has 15 nitrogen and oxygen atoms in total. The van der Waals surface area contributed by atoms with E-state index in [1.165, 1.54) is 23.3 Å². The molecular formula is C43H54N8O7. The number of hydrogen-bond donors (Lipinski definition) is 6. The quantitative estimate of drug-likeness (QED) is 0.0249. The molecule has 1 aromatic carbocycles. The van der Waals surface area contributed by atoms with E-state index in [0.29, 0.717) is 34.5 Å². The largest absolute Gasteiger partial charge is 0.464 e. The molecule has 58 heavy (non-hydrogen) atoms. The van der Waals surface area contributed by atoms with Crippen molar-refractivity contribution < 1.29 is 33.5 Å². The van der Waals surface area contributed by atoms with E-state index in [1.807, 2.05) is 5.32 Å². The van der Waals surface area contributed by atoms with E-state index in [-0.39, 0.29) is 44.6 Å². The molecule has 1 saturated carbocycles. The Morgan fingerprint density at radius 2 is 1.64 bits per heavy atom. The molecular weight excluding hydrogens is 741 g/mol. The molecule has 1 saturated heterocycles. The van der Waals surface area contributed by atoms with Crippen molar-refractivity contribution in [2.24, 2.45) is 16.5 Å². The molecule has 4 rings (SSSR count). The molecule has 4 atom stereocenters. The lowest BCUT2D eigenvalue weighted by atomic mass is 9.80. The van der Waals surface area contributed by atoms with Crippen LogP contribution in [0.25, 0.3) is 12.2 Å². The van der Waals surface area contributed by atoms with Crippen molar-refractivity contribution in [1.29, 1.82) is 16.2 Å². The predicted octanol–water partition coefficient (Wildman–Crippen LogP) is 5.02. The number of benzene rings is 1. The van der Waals surface area contributed by atoms with Gasteiger partial charge in [-0.25, -0.2) is 0 Å². The van der Waals surface area contributed by atoms with Crippen LogP contribution in [-0.4, -0.2) is 89.1 Å². The van der Waals surface area contributed by atoms with Gasteiger partial charge in [0.25, 0.3) is 5.91 Å². The lowest BCUT2D eigenvalue weighted by Crippen LogP contribution is -2.60. The van der Waals surface area contributed by atoms with Crippen LogP contribution in [0.1, 0.15) is 87.3 Å². The van der Waals surface area contributed by atoms with Gasteiger partial charge in [0.05, 0.1) is 36.3 Å². The Hall–Kier alpha value is -6.25. The number of ether oxygens (including phenoxy) is 1. The number of likely N-dealkylation sites (tertiary alicyclic amines) is 1. The van der Waals surface area contributed by atoms with Gasteiger partial charge < -0.3 is 41.2 Å². The van der Waals surface area contributed by atoms with E-state index >= 15 is 4.79 Å². The number of nitrogens with zero attached hydrogens (tertiary/aromatic N) is 2. The fraction of sp³-hybridized carbons (Fsp3) is 0.419. The number of oxime groups is 1. The highest BCUT2D eigenvalue weighted by atomic mass is 16.7. The van der Waals surface area contributed by atoms with Crippen LogP contribution in [0.5, 0.6) is 5.75 Å². The van der Waals surface area contributed by atoms with E-state index in [1.54, 1.807) is 24.3 Å². The molecule has 0 aromatic heterocycles. The van der Waals surface area contributed by atoms with Gasteiger partial charge in [-0.3, -0.25) is 29.4 Å². The number of Topliss-reactive ketones (excluding diaryl/α,β-unsaturated/α-hetero) is 1. The normalized spacial score (nSPS) is 20.1.